The van der Waals surface area contributed by atoms with Crippen molar-refractivity contribution in [3.8, 4) is 16.9 Å². The topological polar surface area (TPSA) is 59.4 Å². The van der Waals surface area contributed by atoms with E-state index in [0.717, 1.165) is 66.9 Å². The van der Waals surface area contributed by atoms with Gasteiger partial charge in [-0.15, -0.1) is 0 Å². The Hall–Kier alpha value is -2.34. The first-order valence-electron chi connectivity index (χ1n) is 9.85. The van der Waals surface area contributed by atoms with Crippen LogP contribution in [-0.2, 0) is 11.2 Å². The van der Waals surface area contributed by atoms with E-state index in [-0.39, 0.29) is 11.9 Å². The largest absolute Gasteiger partial charge is 0.496 e. The fourth-order valence-corrected chi connectivity index (χ4v) is 4.49. The molecule has 0 aliphatic carbocycles. The summed E-state index contributed by atoms with van der Waals surface area (Å²) < 4.78 is 7.93. The molecule has 144 valence electrons. The van der Waals surface area contributed by atoms with Gasteiger partial charge in [0, 0.05) is 35.9 Å². The van der Waals surface area contributed by atoms with Gasteiger partial charge in [0.25, 0.3) is 0 Å². The number of methoxy groups -OCH3 is 1. The Morgan fingerprint density at radius 2 is 2.04 bits per heavy atom. The van der Waals surface area contributed by atoms with Gasteiger partial charge in [0.1, 0.15) is 5.75 Å². The van der Waals surface area contributed by atoms with Crippen LogP contribution in [0.25, 0.3) is 11.1 Å². The van der Waals surface area contributed by atoms with E-state index in [9.17, 15) is 4.79 Å². The Morgan fingerprint density at radius 3 is 2.74 bits per heavy atom. The van der Waals surface area contributed by atoms with E-state index in [4.69, 9.17) is 4.74 Å². The number of carbonyl (C=O) groups is 1. The van der Waals surface area contributed by atoms with Crippen molar-refractivity contribution in [2.45, 2.75) is 51.6 Å². The molecule has 3 heterocycles. The summed E-state index contributed by atoms with van der Waals surface area (Å²) in [6, 6.07) is 4.80. The fraction of sp³-hybridized carbons (Fsp3) is 0.524. The Morgan fingerprint density at radius 1 is 1.26 bits per heavy atom. The van der Waals surface area contributed by atoms with E-state index in [1.54, 1.807) is 14.0 Å². The zero-order valence-corrected chi connectivity index (χ0v) is 16.4. The number of rotatable bonds is 3. The molecule has 1 fully saturated rings. The number of nitrogens with zero attached hydrogens (tertiary/aromatic N) is 3. The monoisotopic (exact) mass is 368 g/mol. The fourth-order valence-electron chi connectivity index (χ4n) is 4.49. The molecular formula is C21H28N4O2. The first-order valence-corrected chi connectivity index (χ1v) is 9.85. The number of nitrogens with one attached hydrogen (secondary N) is 1. The van der Waals surface area contributed by atoms with Gasteiger partial charge in [0.05, 0.1) is 25.0 Å². The summed E-state index contributed by atoms with van der Waals surface area (Å²) in [6.45, 7) is 5.82. The molecule has 1 N–H and O–H groups in total. The summed E-state index contributed by atoms with van der Waals surface area (Å²) in [6.07, 6.45) is 8.14. The summed E-state index contributed by atoms with van der Waals surface area (Å²) >= 11 is 0. The van der Waals surface area contributed by atoms with E-state index < -0.39 is 0 Å². The van der Waals surface area contributed by atoms with Crippen molar-refractivity contribution in [3.63, 3.8) is 0 Å². The molecule has 27 heavy (non-hydrogen) atoms. The third-order valence-electron chi connectivity index (χ3n) is 5.89. The van der Waals surface area contributed by atoms with Crippen molar-refractivity contribution in [1.29, 1.82) is 0 Å². The molecule has 1 saturated heterocycles. The molecule has 0 spiro atoms. The minimum Gasteiger partial charge on any atom is -0.496 e. The standard InChI is InChI=1S/C21H28N4O2/c1-14-4-5-19-20(25(14)15(2)26)7-6-18(21(19)27-3)16-12-23-24(13-16)17-8-10-22-11-9-17/h6-7,12-14,17,22H,4-5,8-11H2,1-3H3/t14-/m0/s1. The van der Waals surface area contributed by atoms with Crippen LogP contribution in [0.5, 0.6) is 5.75 Å². The smallest absolute Gasteiger partial charge is 0.224 e. The van der Waals surface area contributed by atoms with Gasteiger partial charge in [0.15, 0.2) is 0 Å². The molecule has 4 rings (SSSR count). The highest BCUT2D eigenvalue weighted by atomic mass is 16.5. The SMILES string of the molecule is COc1c(-c2cnn(C3CCNCC3)c2)ccc2c1CC[C@H](C)N2C(C)=O. The third-order valence-corrected chi connectivity index (χ3v) is 5.89. The van der Waals surface area contributed by atoms with Crippen molar-refractivity contribution < 1.29 is 9.53 Å². The first kappa shape index (κ1) is 18.0. The number of fused-ring (bicyclic) bond motifs is 1. The molecule has 2 aliphatic heterocycles. The lowest BCUT2D eigenvalue weighted by Gasteiger charge is -2.35. The number of piperidine rings is 1. The first-order chi connectivity index (χ1) is 13.1. The molecule has 1 atom stereocenters. The Bertz CT molecular complexity index is 839. The Labute approximate surface area is 160 Å². The Balaban J connectivity index is 1.72. The van der Waals surface area contributed by atoms with Crippen LogP contribution in [0.15, 0.2) is 24.5 Å². The lowest BCUT2D eigenvalue weighted by Crippen LogP contribution is -2.40. The normalized spacial score (nSPS) is 20.4. The minimum atomic E-state index is 0.0805. The number of amides is 1. The van der Waals surface area contributed by atoms with E-state index in [1.165, 1.54) is 0 Å². The van der Waals surface area contributed by atoms with Gasteiger partial charge in [0.2, 0.25) is 5.91 Å². The number of carbonyl (C=O) groups excluding carboxylic acids is 1. The third kappa shape index (κ3) is 3.23. The number of benzene rings is 1. The van der Waals surface area contributed by atoms with Gasteiger partial charge in [-0.05, 0) is 57.8 Å². The lowest BCUT2D eigenvalue weighted by molar-refractivity contribution is -0.117. The van der Waals surface area contributed by atoms with Crippen molar-refractivity contribution in [1.82, 2.24) is 15.1 Å². The number of hydrogen-bond donors (Lipinski definition) is 1. The van der Waals surface area contributed by atoms with Crippen LogP contribution in [0.4, 0.5) is 5.69 Å². The van der Waals surface area contributed by atoms with Crippen LogP contribution in [-0.4, -0.2) is 41.9 Å². The van der Waals surface area contributed by atoms with Crippen LogP contribution in [0.3, 0.4) is 0 Å². The molecule has 0 unspecified atom stereocenters. The molecule has 1 aromatic carbocycles. The van der Waals surface area contributed by atoms with Gasteiger partial charge in [-0.3, -0.25) is 9.48 Å². The van der Waals surface area contributed by atoms with E-state index in [1.807, 2.05) is 11.1 Å². The summed E-state index contributed by atoms with van der Waals surface area (Å²) in [5.41, 5.74) is 4.22. The number of ether oxygens (including phenoxy) is 1. The summed E-state index contributed by atoms with van der Waals surface area (Å²) in [4.78, 5) is 14.1. The molecule has 2 aliphatic rings. The number of anilines is 1. The molecule has 0 radical (unpaired) electrons. The average Bonchev–Trinajstić information content (AvgIpc) is 3.17. The lowest BCUT2D eigenvalue weighted by atomic mass is 9.92. The molecule has 1 amide bonds. The predicted molar refractivity (Wildman–Crippen MR) is 106 cm³/mol. The van der Waals surface area contributed by atoms with Crippen LogP contribution < -0.4 is 15.0 Å². The summed E-state index contributed by atoms with van der Waals surface area (Å²) in [5, 5.41) is 8.03. The van der Waals surface area contributed by atoms with Crippen LogP contribution in [0, 0.1) is 0 Å². The van der Waals surface area contributed by atoms with Gasteiger partial charge in [-0.2, -0.15) is 5.10 Å². The highest BCUT2D eigenvalue weighted by molar-refractivity contribution is 5.95. The maximum absolute atomic E-state index is 12.2. The van der Waals surface area contributed by atoms with Gasteiger partial charge in [-0.25, -0.2) is 0 Å². The zero-order chi connectivity index (χ0) is 19.0. The van der Waals surface area contributed by atoms with Crippen LogP contribution in [0.1, 0.15) is 44.7 Å². The summed E-state index contributed by atoms with van der Waals surface area (Å²) in [5.74, 6) is 0.951. The molecule has 1 aromatic heterocycles. The van der Waals surface area contributed by atoms with Crippen LogP contribution in [0.2, 0.25) is 0 Å². The number of aromatic nitrogens is 2. The quantitative estimate of drug-likeness (QED) is 0.904. The van der Waals surface area contributed by atoms with Gasteiger partial charge >= 0.3 is 0 Å². The highest BCUT2D eigenvalue weighted by Gasteiger charge is 2.29. The van der Waals surface area contributed by atoms with E-state index >= 15 is 0 Å². The predicted octanol–water partition coefficient (Wildman–Crippen LogP) is 3.17. The maximum Gasteiger partial charge on any atom is 0.224 e. The minimum absolute atomic E-state index is 0.0805. The molecule has 6 heteroatoms. The highest BCUT2D eigenvalue weighted by Crippen LogP contribution is 2.42. The van der Waals surface area contributed by atoms with Crippen molar-refractivity contribution >= 4 is 11.6 Å². The van der Waals surface area contributed by atoms with E-state index in [0.29, 0.717) is 6.04 Å². The average molecular weight is 368 g/mol. The molecule has 6 nitrogen and oxygen atoms in total. The van der Waals surface area contributed by atoms with Crippen molar-refractivity contribution in [2.24, 2.45) is 0 Å². The van der Waals surface area contributed by atoms with Crippen molar-refractivity contribution in [2.75, 3.05) is 25.1 Å². The van der Waals surface area contributed by atoms with Crippen molar-refractivity contribution in [3.05, 3.63) is 30.1 Å². The molecule has 0 bridgehead atoms. The second-order valence-electron chi connectivity index (χ2n) is 7.61. The maximum atomic E-state index is 12.2. The molecular weight excluding hydrogens is 340 g/mol. The van der Waals surface area contributed by atoms with Crippen LogP contribution >= 0.6 is 0 Å². The second kappa shape index (κ2) is 7.35. The molecule has 2 aromatic rings. The van der Waals surface area contributed by atoms with Gasteiger partial charge < -0.3 is 15.0 Å². The second-order valence-corrected chi connectivity index (χ2v) is 7.61. The molecule has 0 saturated carbocycles. The Kier molecular flexibility index (Phi) is 4.91. The van der Waals surface area contributed by atoms with Gasteiger partial charge in [-0.1, -0.05) is 0 Å². The van der Waals surface area contributed by atoms with E-state index in [2.05, 4.69) is 40.4 Å². The number of hydrogen-bond acceptors (Lipinski definition) is 4. The zero-order valence-electron chi connectivity index (χ0n) is 16.4. The summed E-state index contributed by atoms with van der Waals surface area (Å²) in [7, 11) is 1.71.